The van der Waals surface area contributed by atoms with Crippen LogP contribution in [-0.4, -0.2) is 5.91 Å². The minimum Gasteiger partial charge on any atom is -0.326 e. The molecule has 1 aromatic carbocycles. The minimum absolute atomic E-state index is 0.0275. The number of aryl methyl sites for hydroxylation is 2. The van der Waals surface area contributed by atoms with E-state index in [9.17, 15) is 4.79 Å². The summed E-state index contributed by atoms with van der Waals surface area (Å²) in [6, 6.07) is 9.69. The van der Waals surface area contributed by atoms with E-state index in [1.807, 2.05) is 30.3 Å². The molecular weight excluding hydrogens is 256 g/mol. The van der Waals surface area contributed by atoms with Crippen molar-refractivity contribution in [1.82, 2.24) is 0 Å². The van der Waals surface area contributed by atoms with Crippen molar-refractivity contribution in [2.45, 2.75) is 25.8 Å². The SMILES string of the molecule is NCc1ccccc1NC(=O)c1cc2c(s1)CCC2. The van der Waals surface area contributed by atoms with Crippen molar-refractivity contribution in [3.05, 3.63) is 51.2 Å². The molecule has 0 unspecified atom stereocenters. The van der Waals surface area contributed by atoms with Crippen LogP contribution in [0, 0.1) is 0 Å². The highest BCUT2D eigenvalue weighted by molar-refractivity contribution is 7.14. The summed E-state index contributed by atoms with van der Waals surface area (Å²) in [7, 11) is 0. The average Bonchev–Trinajstić information content (AvgIpc) is 3.00. The molecule has 0 spiro atoms. The van der Waals surface area contributed by atoms with Gasteiger partial charge in [0.25, 0.3) is 5.91 Å². The number of hydrogen-bond donors (Lipinski definition) is 2. The lowest BCUT2D eigenvalue weighted by atomic mass is 10.1. The molecule has 1 aliphatic rings. The molecule has 4 heteroatoms. The van der Waals surface area contributed by atoms with Gasteiger partial charge in [-0.1, -0.05) is 18.2 Å². The summed E-state index contributed by atoms with van der Waals surface area (Å²) in [4.78, 5) is 14.4. The quantitative estimate of drug-likeness (QED) is 0.902. The zero-order valence-electron chi connectivity index (χ0n) is 10.6. The first-order valence-electron chi connectivity index (χ1n) is 6.49. The fraction of sp³-hybridized carbons (Fsp3) is 0.267. The summed E-state index contributed by atoms with van der Waals surface area (Å²) in [6.07, 6.45) is 3.45. The Hall–Kier alpha value is -1.65. The fourth-order valence-corrected chi connectivity index (χ4v) is 3.59. The van der Waals surface area contributed by atoms with Crippen LogP contribution < -0.4 is 11.1 Å². The maximum Gasteiger partial charge on any atom is 0.265 e. The number of anilines is 1. The highest BCUT2D eigenvalue weighted by Gasteiger charge is 2.18. The van der Waals surface area contributed by atoms with E-state index in [1.54, 1.807) is 11.3 Å². The van der Waals surface area contributed by atoms with Crippen LogP contribution >= 0.6 is 11.3 Å². The van der Waals surface area contributed by atoms with Crippen LogP contribution in [0.2, 0.25) is 0 Å². The van der Waals surface area contributed by atoms with Gasteiger partial charge in [0, 0.05) is 17.1 Å². The van der Waals surface area contributed by atoms with Crippen LogP contribution in [0.25, 0.3) is 0 Å². The molecule has 19 heavy (non-hydrogen) atoms. The Morgan fingerprint density at radius 1 is 1.32 bits per heavy atom. The lowest BCUT2D eigenvalue weighted by molar-refractivity contribution is 0.103. The number of thiophene rings is 1. The summed E-state index contributed by atoms with van der Waals surface area (Å²) < 4.78 is 0. The largest absolute Gasteiger partial charge is 0.326 e. The molecule has 98 valence electrons. The summed E-state index contributed by atoms with van der Waals surface area (Å²) in [5.41, 5.74) is 8.79. The molecular formula is C15H16N2OS. The Morgan fingerprint density at radius 2 is 2.16 bits per heavy atom. The number of carbonyl (C=O) groups excluding carboxylic acids is 1. The minimum atomic E-state index is -0.0275. The molecule has 3 nitrogen and oxygen atoms in total. The maximum absolute atomic E-state index is 12.2. The van der Waals surface area contributed by atoms with E-state index >= 15 is 0 Å². The van der Waals surface area contributed by atoms with Gasteiger partial charge in [0.1, 0.15) is 0 Å². The standard InChI is InChI=1S/C15H16N2OS/c16-9-11-4-1-2-6-12(11)17-15(18)14-8-10-5-3-7-13(10)19-14/h1-2,4,6,8H,3,5,7,9,16H2,(H,17,18). The van der Waals surface area contributed by atoms with Crippen LogP contribution in [0.15, 0.2) is 30.3 Å². The summed E-state index contributed by atoms with van der Waals surface area (Å²) in [5.74, 6) is -0.0275. The Balaban J connectivity index is 1.80. The average molecular weight is 272 g/mol. The van der Waals surface area contributed by atoms with E-state index in [4.69, 9.17) is 5.73 Å². The van der Waals surface area contributed by atoms with E-state index in [0.29, 0.717) is 6.54 Å². The third-order valence-electron chi connectivity index (χ3n) is 3.46. The van der Waals surface area contributed by atoms with Crippen LogP contribution in [-0.2, 0) is 19.4 Å². The van der Waals surface area contributed by atoms with Crippen molar-refractivity contribution in [2.24, 2.45) is 5.73 Å². The molecule has 0 atom stereocenters. The normalized spacial score (nSPS) is 13.3. The number of fused-ring (bicyclic) bond motifs is 1. The van der Waals surface area contributed by atoms with E-state index < -0.39 is 0 Å². The van der Waals surface area contributed by atoms with Crippen molar-refractivity contribution in [3.8, 4) is 0 Å². The van der Waals surface area contributed by atoms with Crippen molar-refractivity contribution < 1.29 is 4.79 Å². The molecule has 1 heterocycles. The second-order valence-corrected chi connectivity index (χ2v) is 5.86. The van der Waals surface area contributed by atoms with Crippen molar-refractivity contribution >= 4 is 22.9 Å². The van der Waals surface area contributed by atoms with Gasteiger partial charge in [-0.15, -0.1) is 11.3 Å². The smallest absolute Gasteiger partial charge is 0.265 e. The second-order valence-electron chi connectivity index (χ2n) is 4.73. The van der Waals surface area contributed by atoms with Crippen LogP contribution in [0.5, 0.6) is 0 Å². The second kappa shape index (κ2) is 5.15. The molecule has 0 aliphatic heterocycles. The number of hydrogen-bond acceptors (Lipinski definition) is 3. The van der Waals surface area contributed by atoms with Gasteiger partial charge >= 0.3 is 0 Å². The van der Waals surface area contributed by atoms with E-state index in [2.05, 4.69) is 5.32 Å². The monoisotopic (exact) mass is 272 g/mol. The summed E-state index contributed by atoms with van der Waals surface area (Å²) in [5, 5.41) is 2.96. The Bertz CT molecular complexity index is 597. The number of para-hydroxylation sites is 1. The lowest BCUT2D eigenvalue weighted by Gasteiger charge is -2.08. The number of amides is 1. The molecule has 1 aromatic heterocycles. The Kier molecular flexibility index (Phi) is 3.36. The molecule has 0 fully saturated rings. The van der Waals surface area contributed by atoms with Crippen LogP contribution in [0.4, 0.5) is 5.69 Å². The zero-order chi connectivity index (χ0) is 13.2. The predicted octanol–water partition coefficient (Wildman–Crippen LogP) is 2.95. The molecule has 1 amide bonds. The van der Waals surface area contributed by atoms with E-state index in [1.165, 1.54) is 16.9 Å². The number of carbonyl (C=O) groups is 1. The lowest BCUT2D eigenvalue weighted by Crippen LogP contribution is -2.13. The molecule has 3 N–H and O–H groups in total. The van der Waals surface area contributed by atoms with Gasteiger partial charge in [0.2, 0.25) is 0 Å². The third-order valence-corrected chi connectivity index (χ3v) is 4.69. The summed E-state index contributed by atoms with van der Waals surface area (Å²) in [6.45, 7) is 0.428. The highest BCUT2D eigenvalue weighted by atomic mass is 32.1. The fourth-order valence-electron chi connectivity index (χ4n) is 2.45. The predicted molar refractivity (Wildman–Crippen MR) is 78.6 cm³/mol. The van der Waals surface area contributed by atoms with Crippen LogP contribution in [0.1, 0.15) is 32.1 Å². The van der Waals surface area contributed by atoms with Gasteiger partial charge in [-0.25, -0.2) is 0 Å². The Labute approximate surface area is 116 Å². The van der Waals surface area contributed by atoms with Gasteiger partial charge in [-0.3, -0.25) is 4.79 Å². The highest BCUT2D eigenvalue weighted by Crippen LogP contribution is 2.31. The van der Waals surface area contributed by atoms with Crippen molar-refractivity contribution in [3.63, 3.8) is 0 Å². The molecule has 2 aromatic rings. The number of nitrogens with one attached hydrogen (secondary N) is 1. The van der Waals surface area contributed by atoms with E-state index in [0.717, 1.165) is 29.0 Å². The molecule has 0 saturated carbocycles. The molecule has 0 radical (unpaired) electrons. The molecule has 0 bridgehead atoms. The van der Waals surface area contributed by atoms with Gasteiger partial charge in [0.05, 0.1) is 4.88 Å². The van der Waals surface area contributed by atoms with Gasteiger partial charge in [0.15, 0.2) is 0 Å². The van der Waals surface area contributed by atoms with Crippen molar-refractivity contribution in [1.29, 1.82) is 0 Å². The molecule has 1 aliphatic carbocycles. The maximum atomic E-state index is 12.2. The first-order valence-corrected chi connectivity index (χ1v) is 7.30. The molecule has 3 rings (SSSR count). The van der Waals surface area contributed by atoms with E-state index in [-0.39, 0.29) is 5.91 Å². The zero-order valence-corrected chi connectivity index (χ0v) is 11.4. The summed E-state index contributed by atoms with van der Waals surface area (Å²) >= 11 is 1.62. The first kappa shape index (κ1) is 12.4. The van der Waals surface area contributed by atoms with Gasteiger partial charge in [-0.05, 0) is 42.5 Å². The topological polar surface area (TPSA) is 55.1 Å². The number of rotatable bonds is 3. The van der Waals surface area contributed by atoms with Gasteiger partial charge in [-0.2, -0.15) is 0 Å². The van der Waals surface area contributed by atoms with Crippen molar-refractivity contribution in [2.75, 3.05) is 5.32 Å². The Morgan fingerprint density at radius 3 is 2.95 bits per heavy atom. The number of nitrogens with two attached hydrogens (primary N) is 1. The molecule has 0 saturated heterocycles. The van der Waals surface area contributed by atoms with Crippen LogP contribution in [0.3, 0.4) is 0 Å². The third kappa shape index (κ3) is 2.41. The number of benzene rings is 1. The first-order chi connectivity index (χ1) is 9.28. The van der Waals surface area contributed by atoms with Gasteiger partial charge < -0.3 is 11.1 Å².